The Bertz CT molecular complexity index is 620. The Kier molecular flexibility index (Phi) is 4.99. The Labute approximate surface area is 124 Å². The number of pyridine rings is 1. The van der Waals surface area contributed by atoms with E-state index in [0.29, 0.717) is 17.9 Å². The zero-order valence-electron chi connectivity index (χ0n) is 12.0. The standard InChI is InChI=1S/C16H17N3O2/c1-12(21-15-7-5-14(20-2)6-8-15)11-19-16-13(10-17)4-3-9-18-16/h3-9,12H,11H2,1-2H3,(H,18,19). The smallest absolute Gasteiger partial charge is 0.144 e. The Morgan fingerprint density at radius 1 is 1.24 bits per heavy atom. The van der Waals surface area contributed by atoms with Crippen molar-refractivity contribution >= 4 is 5.82 Å². The molecule has 2 aromatic rings. The lowest BCUT2D eigenvalue weighted by atomic mass is 10.2. The molecule has 2 rings (SSSR count). The summed E-state index contributed by atoms with van der Waals surface area (Å²) in [5.74, 6) is 2.14. The van der Waals surface area contributed by atoms with Crippen molar-refractivity contribution < 1.29 is 9.47 Å². The monoisotopic (exact) mass is 283 g/mol. The number of hydrogen-bond acceptors (Lipinski definition) is 5. The van der Waals surface area contributed by atoms with Crippen LogP contribution in [0.2, 0.25) is 0 Å². The molecule has 5 nitrogen and oxygen atoms in total. The maximum absolute atomic E-state index is 9.00. The second-order valence-electron chi connectivity index (χ2n) is 4.50. The molecule has 1 unspecified atom stereocenters. The summed E-state index contributed by atoms with van der Waals surface area (Å²) in [6.45, 7) is 2.50. The first-order valence-electron chi connectivity index (χ1n) is 6.62. The predicted octanol–water partition coefficient (Wildman–Crippen LogP) is 2.84. The third kappa shape index (κ3) is 4.11. The molecule has 5 heteroatoms. The average Bonchev–Trinajstić information content (AvgIpc) is 2.54. The van der Waals surface area contributed by atoms with Gasteiger partial charge in [0.15, 0.2) is 0 Å². The number of methoxy groups -OCH3 is 1. The van der Waals surface area contributed by atoms with Crippen molar-refractivity contribution in [2.45, 2.75) is 13.0 Å². The molecule has 108 valence electrons. The third-order valence-corrected chi connectivity index (χ3v) is 2.88. The van der Waals surface area contributed by atoms with Gasteiger partial charge in [0.25, 0.3) is 0 Å². The molecule has 1 aromatic carbocycles. The number of benzene rings is 1. The van der Waals surface area contributed by atoms with Crippen LogP contribution in [0.5, 0.6) is 11.5 Å². The molecular formula is C16H17N3O2. The van der Waals surface area contributed by atoms with Crippen LogP contribution in [-0.2, 0) is 0 Å². The minimum absolute atomic E-state index is 0.0630. The van der Waals surface area contributed by atoms with Crippen LogP contribution in [0.15, 0.2) is 42.6 Å². The summed E-state index contributed by atoms with van der Waals surface area (Å²) in [6, 6.07) is 13.0. The van der Waals surface area contributed by atoms with Gasteiger partial charge >= 0.3 is 0 Å². The van der Waals surface area contributed by atoms with Crippen LogP contribution in [-0.4, -0.2) is 24.7 Å². The fourth-order valence-corrected chi connectivity index (χ4v) is 1.81. The largest absolute Gasteiger partial charge is 0.497 e. The van der Waals surface area contributed by atoms with E-state index in [1.54, 1.807) is 25.4 Å². The van der Waals surface area contributed by atoms with Crippen LogP contribution in [0.25, 0.3) is 0 Å². The number of nitrogens with one attached hydrogen (secondary N) is 1. The van der Waals surface area contributed by atoms with Crippen molar-refractivity contribution in [3.05, 3.63) is 48.2 Å². The molecule has 0 spiro atoms. The van der Waals surface area contributed by atoms with Crippen molar-refractivity contribution in [2.75, 3.05) is 19.0 Å². The van der Waals surface area contributed by atoms with E-state index in [1.165, 1.54) is 0 Å². The fourth-order valence-electron chi connectivity index (χ4n) is 1.81. The lowest BCUT2D eigenvalue weighted by Crippen LogP contribution is -2.23. The molecule has 0 aliphatic carbocycles. The summed E-state index contributed by atoms with van der Waals surface area (Å²) in [5.41, 5.74) is 0.522. The van der Waals surface area contributed by atoms with Crippen molar-refractivity contribution in [2.24, 2.45) is 0 Å². The van der Waals surface area contributed by atoms with E-state index >= 15 is 0 Å². The second kappa shape index (κ2) is 7.15. The van der Waals surface area contributed by atoms with E-state index in [1.807, 2.05) is 31.2 Å². The highest BCUT2D eigenvalue weighted by Gasteiger charge is 2.07. The first-order valence-corrected chi connectivity index (χ1v) is 6.62. The average molecular weight is 283 g/mol. The van der Waals surface area contributed by atoms with Gasteiger partial charge in [-0.1, -0.05) is 0 Å². The molecule has 0 saturated heterocycles. The van der Waals surface area contributed by atoms with Gasteiger partial charge in [-0.2, -0.15) is 5.26 Å². The van der Waals surface area contributed by atoms with Crippen LogP contribution >= 0.6 is 0 Å². The van der Waals surface area contributed by atoms with Gasteiger partial charge in [0.05, 0.1) is 19.2 Å². The topological polar surface area (TPSA) is 67.2 Å². The van der Waals surface area contributed by atoms with Crippen molar-refractivity contribution in [3.63, 3.8) is 0 Å². The summed E-state index contributed by atoms with van der Waals surface area (Å²) in [7, 11) is 1.63. The molecular weight excluding hydrogens is 266 g/mol. The van der Waals surface area contributed by atoms with Gasteiger partial charge in [0, 0.05) is 6.20 Å². The normalized spacial score (nSPS) is 11.3. The highest BCUT2D eigenvalue weighted by molar-refractivity contribution is 5.51. The first-order chi connectivity index (χ1) is 10.2. The number of rotatable bonds is 6. The molecule has 0 radical (unpaired) electrons. The number of hydrogen-bond donors (Lipinski definition) is 1. The first kappa shape index (κ1) is 14.7. The van der Waals surface area contributed by atoms with Gasteiger partial charge in [-0.05, 0) is 43.3 Å². The molecule has 0 bridgehead atoms. The maximum atomic E-state index is 9.00. The quantitative estimate of drug-likeness (QED) is 0.883. The zero-order chi connectivity index (χ0) is 15.1. The fraction of sp³-hybridized carbons (Fsp3) is 0.250. The van der Waals surface area contributed by atoms with Crippen LogP contribution in [0, 0.1) is 11.3 Å². The molecule has 0 aliphatic heterocycles. The number of anilines is 1. The van der Waals surface area contributed by atoms with E-state index in [-0.39, 0.29) is 6.10 Å². The molecule has 1 atom stereocenters. The summed E-state index contributed by atoms with van der Waals surface area (Å²) >= 11 is 0. The summed E-state index contributed by atoms with van der Waals surface area (Å²) in [6.07, 6.45) is 1.59. The van der Waals surface area contributed by atoms with Gasteiger partial charge in [0.1, 0.15) is 29.5 Å². The SMILES string of the molecule is COc1ccc(OC(C)CNc2ncccc2C#N)cc1. The summed E-state index contributed by atoms with van der Waals surface area (Å²) < 4.78 is 10.9. The van der Waals surface area contributed by atoms with Crippen molar-refractivity contribution in [3.8, 4) is 17.6 Å². The molecule has 1 N–H and O–H groups in total. The Morgan fingerprint density at radius 3 is 2.62 bits per heavy atom. The van der Waals surface area contributed by atoms with E-state index in [4.69, 9.17) is 14.7 Å². The minimum Gasteiger partial charge on any atom is -0.497 e. The van der Waals surface area contributed by atoms with Gasteiger partial charge in [0.2, 0.25) is 0 Å². The molecule has 0 fully saturated rings. The third-order valence-electron chi connectivity index (χ3n) is 2.88. The molecule has 0 aliphatic rings. The molecule has 1 aromatic heterocycles. The Balaban J connectivity index is 1.89. The summed E-state index contributed by atoms with van der Waals surface area (Å²) in [4.78, 5) is 4.15. The minimum atomic E-state index is -0.0630. The molecule has 0 amide bonds. The number of ether oxygens (including phenoxy) is 2. The number of nitriles is 1. The molecule has 1 heterocycles. The van der Waals surface area contributed by atoms with Gasteiger partial charge in [-0.3, -0.25) is 0 Å². The van der Waals surface area contributed by atoms with Crippen molar-refractivity contribution in [1.82, 2.24) is 4.98 Å². The Morgan fingerprint density at radius 2 is 1.95 bits per heavy atom. The van der Waals surface area contributed by atoms with E-state index in [9.17, 15) is 0 Å². The maximum Gasteiger partial charge on any atom is 0.144 e. The van der Waals surface area contributed by atoms with Crippen molar-refractivity contribution in [1.29, 1.82) is 5.26 Å². The van der Waals surface area contributed by atoms with Gasteiger partial charge in [-0.15, -0.1) is 0 Å². The van der Waals surface area contributed by atoms with Crippen LogP contribution in [0.4, 0.5) is 5.82 Å². The number of nitrogens with zero attached hydrogens (tertiary/aromatic N) is 2. The van der Waals surface area contributed by atoms with Crippen LogP contribution in [0.1, 0.15) is 12.5 Å². The number of aromatic nitrogens is 1. The van der Waals surface area contributed by atoms with Gasteiger partial charge in [-0.25, -0.2) is 4.98 Å². The Hall–Kier alpha value is -2.74. The van der Waals surface area contributed by atoms with Gasteiger partial charge < -0.3 is 14.8 Å². The summed E-state index contributed by atoms with van der Waals surface area (Å²) in [5, 5.41) is 12.1. The van der Waals surface area contributed by atoms with Crippen LogP contribution in [0.3, 0.4) is 0 Å². The van der Waals surface area contributed by atoms with E-state index in [2.05, 4.69) is 16.4 Å². The predicted molar refractivity (Wildman–Crippen MR) is 80.5 cm³/mol. The second-order valence-corrected chi connectivity index (χ2v) is 4.50. The van der Waals surface area contributed by atoms with Crippen LogP contribution < -0.4 is 14.8 Å². The molecule has 0 saturated carbocycles. The lowest BCUT2D eigenvalue weighted by molar-refractivity contribution is 0.234. The highest BCUT2D eigenvalue weighted by atomic mass is 16.5. The highest BCUT2D eigenvalue weighted by Crippen LogP contribution is 2.18. The van der Waals surface area contributed by atoms with E-state index in [0.717, 1.165) is 11.5 Å². The lowest BCUT2D eigenvalue weighted by Gasteiger charge is -2.16. The van der Waals surface area contributed by atoms with E-state index < -0.39 is 0 Å². The zero-order valence-corrected chi connectivity index (χ0v) is 12.0. The molecule has 21 heavy (non-hydrogen) atoms.